The van der Waals surface area contributed by atoms with E-state index in [0.717, 1.165) is 16.9 Å². The molecule has 2 rings (SSSR count). The minimum atomic E-state index is -0.529. The maximum Gasteiger partial charge on any atom is 0.284 e. The Morgan fingerprint density at radius 3 is 2.71 bits per heavy atom. The molecule has 0 saturated carbocycles. The number of nitro groups is 1. The van der Waals surface area contributed by atoms with Crippen molar-refractivity contribution in [3.8, 4) is 5.75 Å². The van der Waals surface area contributed by atoms with Crippen LogP contribution >= 0.6 is 15.9 Å². The van der Waals surface area contributed by atoms with E-state index >= 15 is 0 Å². The molecule has 0 atom stereocenters. The largest absolute Gasteiger partial charge is 0.496 e. The Kier molecular flexibility index (Phi) is 5.92. The van der Waals surface area contributed by atoms with E-state index in [0.29, 0.717) is 17.4 Å². The lowest BCUT2D eigenvalue weighted by molar-refractivity contribution is -0.385. The normalized spacial score (nSPS) is 10.3. The standard InChI is InChI=1S/C17H17BrN2O4/c1-11-3-6-16(24-2)12(9-11)7-8-19-17(21)13-4-5-14(18)15(10-13)20(22)23/h3-6,9-10H,7-8H2,1-2H3,(H,19,21). The van der Waals surface area contributed by atoms with E-state index in [2.05, 4.69) is 21.2 Å². The number of hydrogen-bond acceptors (Lipinski definition) is 4. The van der Waals surface area contributed by atoms with Gasteiger partial charge in [-0.25, -0.2) is 0 Å². The van der Waals surface area contributed by atoms with Crippen LogP contribution in [0.2, 0.25) is 0 Å². The zero-order chi connectivity index (χ0) is 17.7. The van der Waals surface area contributed by atoms with Crippen LogP contribution in [0.1, 0.15) is 21.5 Å². The van der Waals surface area contributed by atoms with Gasteiger partial charge in [-0.15, -0.1) is 0 Å². The number of ether oxygens (including phenoxy) is 1. The lowest BCUT2D eigenvalue weighted by atomic mass is 10.1. The van der Waals surface area contributed by atoms with Crippen molar-refractivity contribution in [3.05, 3.63) is 67.7 Å². The van der Waals surface area contributed by atoms with Crippen LogP contribution in [0.25, 0.3) is 0 Å². The fourth-order valence-corrected chi connectivity index (χ4v) is 2.70. The molecule has 0 saturated heterocycles. The summed E-state index contributed by atoms with van der Waals surface area (Å²) in [4.78, 5) is 22.6. The van der Waals surface area contributed by atoms with Gasteiger partial charge in [0.1, 0.15) is 5.75 Å². The summed E-state index contributed by atoms with van der Waals surface area (Å²) < 4.78 is 5.65. The third-order valence-corrected chi connectivity index (χ3v) is 4.19. The molecule has 0 spiro atoms. The minimum absolute atomic E-state index is 0.136. The van der Waals surface area contributed by atoms with Crippen molar-refractivity contribution < 1.29 is 14.5 Å². The van der Waals surface area contributed by atoms with Crippen LogP contribution in [-0.4, -0.2) is 24.5 Å². The first-order chi connectivity index (χ1) is 11.4. The molecule has 6 nitrogen and oxygen atoms in total. The first-order valence-electron chi connectivity index (χ1n) is 7.28. The Morgan fingerprint density at radius 2 is 2.04 bits per heavy atom. The van der Waals surface area contributed by atoms with E-state index in [9.17, 15) is 14.9 Å². The Labute approximate surface area is 148 Å². The zero-order valence-electron chi connectivity index (χ0n) is 13.3. The van der Waals surface area contributed by atoms with Crippen molar-refractivity contribution in [1.29, 1.82) is 0 Å². The number of carbonyl (C=O) groups is 1. The highest BCUT2D eigenvalue weighted by atomic mass is 79.9. The van der Waals surface area contributed by atoms with E-state index in [-0.39, 0.29) is 17.2 Å². The molecule has 2 aromatic rings. The van der Waals surface area contributed by atoms with Gasteiger partial charge in [-0.2, -0.15) is 0 Å². The average Bonchev–Trinajstić information content (AvgIpc) is 2.55. The number of halogens is 1. The van der Waals surface area contributed by atoms with Gasteiger partial charge in [0.15, 0.2) is 0 Å². The first kappa shape index (κ1) is 17.9. The van der Waals surface area contributed by atoms with Crippen LogP contribution in [0.5, 0.6) is 5.75 Å². The summed E-state index contributed by atoms with van der Waals surface area (Å²) in [5.74, 6) is 0.423. The van der Waals surface area contributed by atoms with E-state index in [1.54, 1.807) is 13.2 Å². The van der Waals surface area contributed by atoms with Crippen molar-refractivity contribution in [2.75, 3.05) is 13.7 Å². The van der Waals surface area contributed by atoms with Crippen molar-refractivity contribution in [2.24, 2.45) is 0 Å². The van der Waals surface area contributed by atoms with Gasteiger partial charge in [0, 0.05) is 18.2 Å². The molecule has 0 aliphatic rings. The maximum absolute atomic E-state index is 12.2. The topological polar surface area (TPSA) is 81.5 Å². The molecule has 126 valence electrons. The van der Waals surface area contributed by atoms with Gasteiger partial charge in [-0.1, -0.05) is 17.7 Å². The van der Waals surface area contributed by atoms with E-state index in [1.807, 2.05) is 25.1 Å². The summed E-state index contributed by atoms with van der Waals surface area (Å²) in [5.41, 5.74) is 2.23. The van der Waals surface area contributed by atoms with Gasteiger partial charge in [-0.05, 0) is 53.0 Å². The van der Waals surface area contributed by atoms with E-state index in [1.165, 1.54) is 12.1 Å². The molecule has 1 amide bonds. The lowest BCUT2D eigenvalue weighted by Crippen LogP contribution is -2.25. The molecular weight excluding hydrogens is 376 g/mol. The zero-order valence-corrected chi connectivity index (χ0v) is 14.9. The summed E-state index contributed by atoms with van der Waals surface area (Å²) >= 11 is 3.10. The average molecular weight is 393 g/mol. The van der Waals surface area contributed by atoms with Crippen LogP contribution in [0, 0.1) is 17.0 Å². The predicted octanol–water partition coefficient (Wildman–Crippen LogP) is 3.65. The van der Waals surface area contributed by atoms with Crippen LogP contribution < -0.4 is 10.1 Å². The lowest BCUT2D eigenvalue weighted by Gasteiger charge is -2.10. The number of methoxy groups -OCH3 is 1. The number of hydrogen-bond donors (Lipinski definition) is 1. The number of carbonyl (C=O) groups excluding carboxylic acids is 1. The second kappa shape index (κ2) is 7.92. The van der Waals surface area contributed by atoms with Crippen molar-refractivity contribution >= 4 is 27.5 Å². The smallest absolute Gasteiger partial charge is 0.284 e. The third-order valence-electron chi connectivity index (χ3n) is 3.52. The third kappa shape index (κ3) is 4.32. The summed E-state index contributed by atoms with van der Waals surface area (Å²) in [6, 6.07) is 10.2. The van der Waals surface area contributed by atoms with Crippen LogP contribution in [-0.2, 0) is 6.42 Å². The highest BCUT2D eigenvalue weighted by Crippen LogP contribution is 2.25. The molecule has 2 aromatic carbocycles. The Balaban J connectivity index is 2.03. The first-order valence-corrected chi connectivity index (χ1v) is 8.07. The molecule has 0 bridgehead atoms. The van der Waals surface area contributed by atoms with Gasteiger partial charge >= 0.3 is 0 Å². The van der Waals surface area contributed by atoms with Gasteiger partial charge in [0.25, 0.3) is 11.6 Å². The number of nitrogens with zero attached hydrogens (tertiary/aromatic N) is 1. The molecule has 7 heteroatoms. The highest BCUT2D eigenvalue weighted by molar-refractivity contribution is 9.10. The van der Waals surface area contributed by atoms with Crippen LogP contribution in [0.3, 0.4) is 0 Å². The number of rotatable bonds is 6. The molecule has 24 heavy (non-hydrogen) atoms. The summed E-state index contributed by atoms with van der Waals surface area (Å²) in [7, 11) is 1.60. The van der Waals surface area contributed by atoms with Crippen molar-refractivity contribution in [3.63, 3.8) is 0 Å². The SMILES string of the molecule is COc1ccc(C)cc1CCNC(=O)c1ccc(Br)c([N+](=O)[O-])c1. The highest BCUT2D eigenvalue weighted by Gasteiger charge is 2.15. The monoisotopic (exact) mass is 392 g/mol. The Morgan fingerprint density at radius 1 is 1.29 bits per heavy atom. The maximum atomic E-state index is 12.2. The predicted molar refractivity (Wildman–Crippen MR) is 94.6 cm³/mol. The number of amides is 1. The number of nitro benzene ring substituents is 1. The molecule has 0 aliphatic heterocycles. The molecule has 0 radical (unpaired) electrons. The number of nitrogens with one attached hydrogen (secondary N) is 1. The minimum Gasteiger partial charge on any atom is -0.496 e. The van der Waals surface area contributed by atoms with Crippen molar-refractivity contribution in [2.45, 2.75) is 13.3 Å². The molecule has 0 fully saturated rings. The van der Waals surface area contributed by atoms with E-state index in [4.69, 9.17) is 4.74 Å². The van der Waals surface area contributed by atoms with Gasteiger partial charge < -0.3 is 10.1 Å². The molecule has 0 unspecified atom stereocenters. The second-order valence-electron chi connectivity index (χ2n) is 5.24. The molecular formula is C17H17BrN2O4. The summed E-state index contributed by atoms with van der Waals surface area (Å²) in [6.07, 6.45) is 0.606. The van der Waals surface area contributed by atoms with Crippen molar-refractivity contribution in [1.82, 2.24) is 5.32 Å². The van der Waals surface area contributed by atoms with Gasteiger partial charge in [-0.3, -0.25) is 14.9 Å². The fourth-order valence-electron chi connectivity index (χ4n) is 2.31. The second-order valence-corrected chi connectivity index (χ2v) is 6.10. The number of aryl methyl sites for hydroxylation is 1. The summed E-state index contributed by atoms with van der Waals surface area (Å²) in [6.45, 7) is 2.39. The van der Waals surface area contributed by atoms with E-state index < -0.39 is 4.92 Å². The quantitative estimate of drug-likeness (QED) is 0.600. The molecule has 0 aliphatic carbocycles. The fraction of sp³-hybridized carbons (Fsp3) is 0.235. The van der Waals surface area contributed by atoms with Gasteiger partial charge in [0.05, 0.1) is 16.5 Å². The summed E-state index contributed by atoms with van der Waals surface area (Å²) in [5, 5.41) is 13.7. The van der Waals surface area contributed by atoms with Gasteiger partial charge in [0.2, 0.25) is 0 Å². The molecule has 0 aromatic heterocycles. The number of benzene rings is 2. The Hall–Kier alpha value is -2.41. The van der Waals surface area contributed by atoms with Crippen LogP contribution in [0.15, 0.2) is 40.9 Å². The Bertz CT molecular complexity index is 777. The van der Waals surface area contributed by atoms with Crippen LogP contribution in [0.4, 0.5) is 5.69 Å². The molecule has 0 heterocycles. The molecule has 1 N–H and O–H groups in total.